The molecule has 1 aliphatic rings. The van der Waals surface area contributed by atoms with Crippen molar-refractivity contribution in [2.24, 2.45) is 5.73 Å². The molecular formula is C15H22ClN3O2. The standard InChI is InChI=1S/C15H22ClN3O2/c1-21-14-4-2-3-13(16)12(14)9-18-15(20)10-19-7-5-11(17)6-8-19/h2-4,11H,5-10,17H2,1H3,(H,18,20). The molecule has 1 aliphatic heterocycles. The van der Waals surface area contributed by atoms with Crippen molar-refractivity contribution in [2.75, 3.05) is 26.7 Å². The Morgan fingerprint density at radius 3 is 2.86 bits per heavy atom. The minimum Gasteiger partial charge on any atom is -0.496 e. The minimum atomic E-state index is -0.00700. The number of benzene rings is 1. The third-order valence-corrected chi connectivity index (χ3v) is 4.11. The SMILES string of the molecule is COc1cccc(Cl)c1CNC(=O)CN1CCC(N)CC1. The van der Waals surface area contributed by atoms with E-state index in [4.69, 9.17) is 22.1 Å². The van der Waals surface area contributed by atoms with E-state index in [1.165, 1.54) is 0 Å². The summed E-state index contributed by atoms with van der Waals surface area (Å²) in [5.41, 5.74) is 6.66. The molecule has 0 atom stereocenters. The zero-order valence-electron chi connectivity index (χ0n) is 12.3. The Bertz CT molecular complexity index is 488. The van der Waals surface area contributed by atoms with Crippen LogP contribution in [-0.4, -0.2) is 43.6 Å². The van der Waals surface area contributed by atoms with Gasteiger partial charge < -0.3 is 15.8 Å². The Balaban J connectivity index is 1.84. The van der Waals surface area contributed by atoms with Crippen molar-refractivity contribution in [2.45, 2.75) is 25.4 Å². The van der Waals surface area contributed by atoms with Crippen LogP contribution in [-0.2, 0) is 11.3 Å². The summed E-state index contributed by atoms with van der Waals surface area (Å²) in [6.07, 6.45) is 1.90. The number of nitrogens with two attached hydrogens (primary N) is 1. The van der Waals surface area contributed by atoms with Gasteiger partial charge in [0, 0.05) is 36.3 Å². The lowest BCUT2D eigenvalue weighted by atomic mass is 10.1. The number of likely N-dealkylation sites (tertiary alicyclic amines) is 1. The number of halogens is 1. The highest BCUT2D eigenvalue weighted by Crippen LogP contribution is 2.25. The lowest BCUT2D eigenvalue weighted by Gasteiger charge is -2.29. The number of nitrogens with zero attached hydrogens (tertiary/aromatic N) is 1. The smallest absolute Gasteiger partial charge is 0.234 e. The molecule has 1 aromatic carbocycles. The van der Waals surface area contributed by atoms with Gasteiger partial charge >= 0.3 is 0 Å². The first-order valence-corrected chi connectivity index (χ1v) is 7.54. The second kappa shape index (κ2) is 7.64. The van der Waals surface area contributed by atoms with Gasteiger partial charge in [0.1, 0.15) is 5.75 Å². The van der Waals surface area contributed by atoms with E-state index in [1.54, 1.807) is 13.2 Å². The molecule has 3 N–H and O–H groups in total. The molecule has 21 heavy (non-hydrogen) atoms. The summed E-state index contributed by atoms with van der Waals surface area (Å²) >= 11 is 6.14. The number of carbonyl (C=O) groups excluding carboxylic acids is 1. The van der Waals surface area contributed by atoms with Crippen molar-refractivity contribution >= 4 is 17.5 Å². The molecule has 1 amide bonds. The molecule has 0 aliphatic carbocycles. The van der Waals surface area contributed by atoms with E-state index < -0.39 is 0 Å². The predicted molar refractivity (Wildman–Crippen MR) is 83.5 cm³/mol. The van der Waals surface area contributed by atoms with Gasteiger partial charge in [0.2, 0.25) is 5.91 Å². The highest BCUT2D eigenvalue weighted by atomic mass is 35.5. The van der Waals surface area contributed by atoms with E-state index in [-0.39, 0.29) is 11.9 Å². The summed E-state index contributed by atoms with van der Waals surface area (Å²) in [6, 6.07) is 5.72. The highest BCUT2D eigenvalue weighted by molar-refractivity contribution is 6.31. The van der Waals surface area contributed by atoms with Crippen LogP contribution in [0.2, 0.25) is 5.02 Å². The van der Waals surface area contributed by atoms with Gasteiger partial charge in [-0.25, -0.2) is 0 Å². The van der Waals surface area contributed by atoms with Gasteiger partial charge in [-0.05, 0) is 25.0 Å². The largest absolute Gasteiger partial charge is 0.496 e. The van der Waals surface area contributed by atoms with Crippen LogP contribution >= 0.6 is 11.6 Å². The molecule has 1 aromatic rings. The van der Waals surface area contributed by atoms with Gasteiger partial charge in [-0.2, -0.15) is 0 Å². The van der Waals surface area contributed by atoms with E-state index >= 15 is 0 Å². The monoisotopic (exact) mass is 311 g/mol. The fourth-order valence-electron chi connectivity index (χ4n) is 2.46. The van der Waals surface area contributed by atoms with Crippen molar-refractivity contribution in [1.82, 2.24) is 10.2 Å². The predicted octanol–water partition coefficient (Wildman–Crippen LogP) is 1.39. The van der Waals surface area contributed by atoms with Crippen LogP contribution in [0.15, 0.2) is 18.2 Å². The Kier molecular flexibility index (Phi) is 5.85. The normalized spacial score (nSPS) is 16.7. The molecule has 0 bridgehead atoms. The molecule has 0 saturated carbocycles. The number of hydrogen-bond donors (Lipinski definition) is 2. The van der Waals surface area contributed by atoms with Gasteiger partial charge in [0.25, 0.3) is 0 Å². The first-order valence-electron chi connectivity index (χ1n) is 7.16. The van der Waals surface area contributed by atoms with Crippen LogP contribution in [0.1, 0.15) is 18.4 Å². The highest BCUT2D eigenvalue weighted by Gasteiger charge is 2.18. The van der Waals surface area contributed by atoms with Crippen LogP contribution in [0, 0.1) is 0 Å². The van der Waals surface area contributed by atoms with E-state index in [1.807, 2.05) is 12.1 Å². The fourth-order valence-corrected chi connectivity index (χ4v) is 2.69. The van der Waals surface area contributed by atoms with Gasteiger partial charge in [-0.15, -0.1) is 0 Å². The summed E-state index contributed by atoms with van der Waals surface area (Å²) in [6.45, 7) is 2.53. The molecule has 0 unspecified atom stereocenters. The van der Waals surface area contributed by atoms with E-state index in [0.717, 1.165) is 31.5 Å². The van der Waals surface area contributed by atoms with Crippen LogP contribution in [0.4, 0.5) is 0 Å². The number of ether oxygens (including phenoxy) is 1. The Morgan fingerprint density at radius 2 is 2.19 bits per heavy atom. The van der Waals surface area contributed by atoms with Crippen molar-refractivity contribution in [1.29, 1.82) is 0 Å². The maximum absolute atomic E-state index is 12.0. The minimum absolute atomic E-state index is 0.00700. The second-order valence-electron chi connectivity index (χ2n) is 5.31. The summed E-state index contributed by atoms with van der Waals surface area (Å²) < 4.78 is 5.26. The van der Waals surface area contributed by atoms with E-state index in [9.17, 15) is 4.79 Å². The summed E-state index contributed by atoms with van der Waals surface area (Å²) in [5.74, 6) is 0.680. The topological polar surface area (TPSA) is 67.6 Å². The summed E-state index contributed by atoms with van der Waals surface area (Å²) in [7, 11) is 1.59. The molecule has 2 rings (SSSR count). The van der Waals surface area contributed by atoms with Gasteiger partial charge in [0.15, 0.2) is 0 Å². The van der Waals surface area contributed by atoms with Crippen molar-refractivity contribution < 1.29 is 9.53 Å². The fraction of sp³-hybridized carbons (Fsp3) is 0.533. The van der Waals surface area contributed by atoms with Gasteiger partial charge in [-0.1, -0.05) is 17.7 Å². The molecule has 0 spiro atoms. The maximum atomic E-state index is 12.0. The number of amides is 1. The third kappa shape index (κ3) is 4.59. The summed E-state index contributed by atoms with van der Waals surface area (Å²) in [5, 5.41) is 3.49. The van der Waals surface area contributed by atoms with Crippen molar-refractivity contribution in [3.8, 4) is 5.75 Å². The zero-order valence-corrected chi connectivity index (χ0v) is 13.0. The number of piperidine rings is 1. The second-order valence-corrected chi connectivity index (χ2v) is 5.72. The lowest BCUT2D eigenvalue weighted by Crippen LogP contribution is -2.44. The zero-order chi connectivity index (χ0) is 15.2. The van der Waals surface area contributed by atoms with Crippen LogP contribution in [0.5, 0.6) is 5.75 Å². The molecular weight excluding hydrogens is 290 g/mol. The number of hydrogen-bond acceptors (Lipinski definition) is 4. The van der Waals surface area contributed by atoms with Crippen LogP contribution in [0.3, 0.4) is 0 Å². The molecule has 1 fully saturated rings. The van der Waals surface area contributed by atoms with Crippen LogP contribution in [0.25, 0.3) is 0 Å². The van der Waals surface area contributed by atoms with E-state index in [0.29, 0.717) is 23.9 Å². The average Bonchev–Trinajstić information content (AvgIpc) is 2.48. The Labute approximate surface area is 130 Å². The number of rotatable bonds is 5. The van der Waals surface area contributed by atoms with Gasteiger partial charge in [0.05, 0.1) is 13.7 Å². The first kappa shape index (κ1) is 16.1. The first-order chi connectivity index (χ1) is 10.1. The van der Waals surface area contributed by atoms with Crippen LogP contribution < -0.4 is 15.8 Å². The Hall–Kier alpha value is -1.30. The molecule has 1 heterocycles. The molecule has 1 saturated heterocycles. The molecule has 116 valence electrons. The number of nitrogens with one attached hydrogen (secondary N) is 1. The lowest BCUT2D eigenvalue weighted by molar-refractivity contribution is -0.122. The third-order valence-electron chi connectivity index (χ3n) is 3.76. The molecule has 0 aromatic heterocycles. The van der Waals surface area contributed by atoms with E-state index in [2.05, 4.69) is 10.2 Å². The average molecular weight is 312 g/mol. The quantitative estimate of drug-likeness (QED) is 0.862. The summed E-state index contributed by atoms with van der Waals surface area (Å²) in [4.78, 5) is 14.1. The number of carbonyl (C=O) groups is 1. The Morgan fingerprint density at radius 1 is 1.48 bits per heavy atom. The number of methoxy groups -OCH3 is 1. The molecule has 6 heteroatoms. The van der Waals surface area contributed by atoms with Crippen molar-refractivity contribution in [3.63, 3.8) is 0 Å². The van der Waals surface area contributed by atoms with Gasteiger partial charge in [-0.3, -0.25) is 9.69 Å². The van der Waals surface area contributed by atoms with Crippen molar-refractivity contribution in [3.05, 3.63) is 28.8 Å². The molecule has 0 radical (unpaired) electrons. The molecule has 5 nitrogen and oxygen atoms in total. The maximum Gasteiger partial charge on any atom is 0.234 e.